The number of hydrogen-bond acceptors (Lipinski definition) is 2. The minimum Gasteiger partial charge on any atom is -0.399 e. The van der Waals surface area contributed by atoms with Crippen molar-refractivity contribution in [2.45, 2.75) is 44.6 Å². The van der Waals surface area contributed by atoms with E-state index in [1.165, 1.54) is 6.07 Å². The van der Waals surface area contributed by atoms with Gasteiger partial charge in [-0.2, -0.15) is 26.3 Å². The van der Waals surface area contributed by atoms with Gasteiger partial charge in [0.2, 0.25) is 0 Å². The third kappa shape index (κ3) is 3.76. The molecule has 8 heteroatoms. The Morgan fingerprint density at radius 2 is 1.48 bits per heavy atom. The molecule has 0 heterocycles. The Balaban J connectivity index is 2.73. The van der Waals surface area contributed by atoms with Crippen LogP contribution < -0.4 is 5.73 Å². The van der Waals surface area contributed by atoms with Crippen molar-refractivity contribution >= 4 is 5.69 Å². The number of halogens is 6. The van der Waals surface area contributed by atoms with E-state index in [2.05, 4.69) is 0 Å². The molecule has 0 saturated carbocycles. The molecule has 0 amide bonds. The summed E-state index contributed by atoms with van der Waals surface area (Å²) in [6.45, 7) is 3.52. The topological polar surface area (TPSA) is 46.2 Å². The molecule has 2 aromatic rings. The van der Waals surface area contributed by atoms with Crippen LogP contribution in [0.4, 0.5) is 32.0 Å². The summed E-state index contributed by atoms with van der Waals surface area (Å²) in [4.78, 5) is 0. The first-order valence-corrected chi connectivity index (χ1v) is 8.18. The lowest BCUT2D eigenvalue weighted by Crippen LogP contribution is -2.53. The zero-order valence-corrected chi connectivity index (χ0v) is 14.7. The van der Waals surface area contributed by atoms with Crippen LogP contribution in [0.5, 0.6) is 0 Å². The Morgan fingerprint density at radius 3 is 2.00 bits per heavy atom. The monoisotopic (exact) mass is 391 g/mol. The lowest BCUT2D eigenvalue weighted by molar-refractivity contribution is -0.376. The van der Waals surface area contributed by atoms with Crippen molar-refractivity contribution in [2.75, 3.05) is 5.73 Å². The molecule has 0 spiro atoms. The van der Waals surface area contributed by atoms with Crippen LogP contribution in [0.2, 0.25) is 0 Å². The highest BCUT2D eigenvalue weighted by molar-refractivity contribution is 5.74. The van der Waals surface area contributed by atoms with Gasteiger partial charge in [-0.15, -0.1) is 0 Å². The molecular formula is C19H19F6NO. The van der Waals surface area contributed by atoms with Crippen LogP contribution in [0.25, 0.3) is 11.1 Å². The molecular weight excluding hydrogens is 372 g/mol. The van der Waals surface area contributed by atoms with E-state index in [9.17, 15) is 31.4 Å². The highest BCUT2D eigenvalue weighted by Crippen LogP contribution is 2.50. The van der Waals surface area contributed by atoms with Gasteiger partial charge in [-0.1, -0.05) is 37.6 Å². The molecule has 0 radical (unpaired) electrons. The molecule has 2 nitrogen and oxygen atoms in total. The van der Waals surface area contributed by atoms with Gasteiger partial charge in [-0.3, -0.25) is 0 Å². The van der Waals surface area contributed by atoms with Crippen molar-refractivity contribution in [2.24, 2.45) is 0 Å². The molecule has 0 bridgehead atoms. The Labute approximate surface area is 152 Å². The Kier molecular flexibility index (Phi) is 5.52. The van der Waals surface area contributed by atoms with Gasteiger partial charge in [0.15, 0.2) is 0 Å². The number of alkyl halides is 6. The van der Waals surface area contributed by atoms with Crippen molar-refractivity contribution in [1.82, 2.24) is 0 Å². The molecule has 2 rings (SSSR count). The number of anilines is 1. The number of benzene rings is 2. The first kappa shape index (κ1) is 21.1. The summed E-state index contributed by atoms with van der Waals surface area (Å²) in [5.74, 6) is 0. The van der Waals surface area contributed by atoms with Gasteiger partial charge < -0.3 is 10.8 Å². The minimum absolute atomic E-state index is 0.239. The second kappa shape index (κ2) is 7.07. The second-order valence-corrected chi connectivity index (χ2v) is 6.40. The van der Waals surface area contributed by atoms with Gasteiger partial charge in [0.05, 0.1) is 0 Å². The van der Waals surface area contributed by atoms with Crippen LogP contribution in [0, 0.1) is 6.92 Å². The highest BCUT2D eigenvalue weighted by atomic mass is 19.4. The van der Waals surface area contributed by atoms with Crippen LogP contribution in [0.3, 0.4) is 0 Å². The van der Waals surface area contributed by atoms with E-state index < -0.39 is 23.5 Å². The van der Waals surface area contributed by atoms with Gasteiger partial charge >= 0.3 is 12.4 Å². The third-order valence-corrected chi connectivity index (χ3v) is 4.41. The smallest absolute Gasteiger partial charge is 0.399 e. The summed E-state index contributed by atoms with van der Waals surface area (Å²) in [5, 5.41) is 9.64. The predicted molar refractivity (Wildman–Crippen MR) is 91.0 cm³/mol. The number of rotatable bonds is 4. The van der Waals surface area contributed by atoms with E-state index >= 15 is 0 Å². The molecule has 27 heavy (non-hydrogen) atoms. The van der Waals surface area contributed by atoms with Gasteiger partial charge in [-0.05, 0) is 47.7 Å². The number of aryl methyl sites for hydroxylation is 2. The molecule has 2 aromatic carbocycles. The van der Waals surface area contributed by atoms with Gasteiger partial charge in [0, 0.05) is 11.3 Å². The zero-order chi connectivity index (χ0) is 20.6. The molecule has 0 fully saturated rings. The molecule has 148 valence electrons. The first-order valence-electron chi connectivity index (χ1n) is 8.18. The largest absolute Gasteiger partial charge is 0.430 e. The Morgan fingerprint density at radius 1 is 0.889 bits per heavy atom. The number of nitrogen functional groups attached to an aromatic ring is 1. The van der Waals surface area contributed by atoms with Gasteiger partial charge in [-0.25, -0.2) is 0 Å². The summed E-state index contributed by atoms with van der Waals surface area (Å²) >= 11 is 0. The fourth-order valence-electron chi connectivity index (χ4n) is 2.98. The molecule has 0 saturated heterocycles. The minimum atomic E-state index is -5.91. The standard InChI is InChI=1S/C19H19F6NO/c1-3-4-12-9-13(17(27,18(20,21)22)19(23,24)25)6-8-15(12)16-10-14(26)7-5-11(16)2/h5-10,27H,3-4,26H2,1-2H3. The quantitative estimate of drug-likeness (QED) is 0.533. The number of aliphatic hydroxyl groups is 1. The Hall–Kier alpha value is -2.22. The second-order valence-electron chi connectivity index (χ2n) is 6.40. The fourth-order valence-corrected chi connectivity index (χ4v) is 2.98. The third-order valence-electron chi connectivity index (χ3n) is 4.41. The van der Waals surface area contributed by atoms with E-state index in [-0.39, 0.29) is 12.0 Å². The van der Waals surface area contributed by atoms with Gasteiger partial charge in [0.1, 0.15) is 0 Å². The lowest BCUT2D eigenvalue weighted by Gasteiger charge is -2.33. The van der Waals surface area contributed by atoms with E-state index in [4.69, 9.17) is 5.73 Å². The predicted octanol–water partition coefficient (Wildman–Crippen LogP) is 5.51. The van der Waals surface area contributed by atoms with E-state index in [0.29, 0.717) is 29.3 Å². The summed E-state index contributed by atoms with van der Waals surface area (Å²) in [6, 6.07) is 7.60. The molecule has 0 aliphatic heterocycles. The maximum atomic E-state index is 13.2. The lowest BCUT2D eigenvalue weighted by atomic mass is 9.86. The van der Waals surface area contributed by atoms with Crippen LogP contribution in [0.15, 0.2) is 36.4 Å². The average molecular weight is 391 g/mol. The molecule has 0 aliphatic rings. The molecule has 0 atom stereocenters. The number of nitrogens with two attached hydrogens (primary N) is 1. The SMILES string of the molecule is CCCc1cc(C(O)(C(F)(F)F)C(F)(F)F)ccc1-c1cc(N)ccc1C. The van der Waals surface area contributed by atoms with Crippen molar-refractivity contribution < 1.29 is 31.4 Å². The van der Waals surface area contributed by atoms with Crippen LogP contribution in [0.1, 0.15) is 30.0 Å². The van der Waals surface area contributed by atoms with Crippen molar-refractivity contribution in [3.05, 3.63) is 53.1 Å². The van der Waals surface area contributed by atoms with Gasteiger partial charge in [0.25, 0.3) is 5.60 Å². The highest BCUT2D eigenvalue weighted by Gasteiger charge is 2.71. The number of hydrogen-bond donors (Lipinski definition) is 2. The van der Waals surface area contributed by atoms with E-state index in [0.717, 1.165) is 11.6 Å². The maximum absolute atomic E-state index is 13.2. The normalized spacial score (nSPS) is 13.1. The molecule has 0 aliphatic carbocycles. The molecule has 0 unspecified atom stereocenters. The molecule has 0 aromatic heterocycles. The summed E-state index contributed by atoms with van der Waals surface area (Å²) in [5.41, 5.74) is 2.14. The van der Waals surface area contributed by atoms with E-state index in [1.807, 2.05) is 0 Å². The van der Waals surface area contributed by atoms with Crippen LogP contribution in [-0.4, -0.2) is 17.5 Å². The van der Waals surface area contributed by atoms with Crippen molar-refractivity contribution in [1.29, 1.82) is 0 Å². The van der Waals surface area contributed by atoms with Crippen molar-refractivity contribution in [3.63, 3.8) is 0 Å². The summed E-state index contributed by atoms with van der Waals surface area (Å²) in [6.07, 6.45) is -11.1. The maximum Gasteiger partial charge on any atom is 0.430 e. The van der Waals surface area contributed by atoms with Crippen molar-refractivity contribution in [3.8, 4) is 11.1 Å². The zero-order valence-electron chi connectivity index (χ0n) is 14.7. The van der Waals surface area contributed by atoms with E-state index in [1.54, 1.807) is 32.0 Å². The molecule has 3 N–H and O–H groups in total. The average Bonchev–Trinajstić information content (AvgIpc) is 2.54. The summed E-state index contributed by atoms with van der Waals surface area (Å²) in [7, 11) is 0. The van der Waals surface area contributed by atoms with Crippen LogP contribution >= 0.6 is 0 Å². The van der Waals surface area contributed by atoms with Crippen LogP contribution in [-0.2, 0) is 12.0 Å². The first-order chi connectivity index (χ1) is 12.3. The fraction of sp³-hybridized carbons (Fsp3) is 0.368. The Bertz CT molecular complexity index is 812. The summed E-state index contributed by atoms with van der Waals surface area (Å²) < 4.78 is 78.9.